The van der Waals surface area contributed by atoms with E-state index in [4.69, 9.17) is 0 Å². The zero-order valence-corrected chi connectivity index (χ0v) is 13.8. The summed E-state index contributed by atoms with van der Waals surface area (Å²) in [4.78, 5) is 24.3. The molecule has 0 saturated heterocycles. The molecule has 0 aliphatic rings. The fourth-order valence-electron chi connectivity index (χ4n) is 2.36. The maximum atomic E-state index is 13.5. The molecule has 0 fully saturated rings. The summed E-state index contributed by atoms with van der Waals surface area (Å²) >= 11 is 0. The molecule has 130 valence electrons. The van der Waals surface area contributed by atoms with Gasteiger partial charge in [0, 0.05) is 13.6 Å². The minimum absolute atomic E-state index is 0.165. The Morgan fingerprint density at radius 2 is 2.12 bits per heavy atom. The zero-order valence-electron chi connectivity index (χ0n) is 13.8. The monoisotopic (exact) mass is 344 g/mol. The topological polar surface area (TPSA) is 93.3 Å². The molecule has 0 aliphatic heterocycles. The minimum Gasteiger partial charge on any atom is -0.385 e. The van der Waals surface area contributed by atoms with Gasteiger partial charge in [0.15, 0.2) is 0 Å². The fraction of sp³-hybridized carbons (Fsp3) is 0.250. The number of hydrogen-bond donors (Lipinski definition) is 2. The molecule has 3 rings (SSSR count). The third kappa shape index (κ3) is 3.35. The quantitative estimate of drug-likeness (QED) is 0.711. The average Bonchev–Trinajstić information content (AvgIpc) is 2.92. The van der Waals surface area contributed by atoms with Crippen LogP contribution in [0.2, 0.25) is 0 Å². The number of halogens is 1. The summed E-state index contributed by atoms with van der Waals surface area (Å²) in [5, 5.41) is 13.6. The molecule has 1 aromatic carbocycles. The van der Waals surface area contributed by atoms with Crippen molar-refractivity contribution in [1.82, 2.24) is 24.7 Å². The van der Waals surface area contributed by atoms with Crippen molar-refractivity contribution < 1.29 is 9.18 Å². The van der Waals surface area contributed by atoms with Gasteiger partial charge in [0.1, 0.15) is 12.4 Å². The Balaban J connectivity index is 1.72. The SMILES string of the molecule is CNc1ccnn2c(=O)n(CC(=O)NCc3ccc(C)c(F)c3)nc12. The van der Waals surface area contributed by atoms with Crippen molar-refractivity contribution >= 4 is 17.2 Å². The molecule has 2 heterocycles. The number of fused-ring (bicyclic) bond motifs is 1. The van der Waals surface area contributed by atoms with E-state index in [0.717, 1.165) is 9.20 Å². The van der Waals surface area contributed by atoms with Crippen LogP contribution in [0.3, 0.4) is 0 Å². The van der Waals surface area contributed by atoms with Crippen molar-refractivity contribution in [2.75, 3.05) is 12.4 Å². The van der Waals surface area contributed by atoms with Crippen LogP contribution in [-0.2, 0) is 17.9 Å². The maximum absolute atomic E-state index is 13.5. The Morgan fingerprint density at radius 3 is 2.84 bits per heavy atom. The number of anilines is 1. The highest BCUT2D eigenvalue weighted by Crippen LogP contribution is 2.10. The lowest BCUT2D eigenvalue weighted by Crippen LogP contribution is -2.32. The van der Waals surface area contributed by atoms with Crippen LogP contribution in [0.1, 0.15) is 11.1 Å². The van der Waals surface area contributed by atoms with E-state index < -0.39 is 11.6 Å². The zero-order chi connectivity index (χ0) is 18.0. The number of hydrogen-bond acceptors (Lipinski definition) is 5. The lowest BCUT2D eigenvalue weighted by atomic mass is 10.1. The largest absolute Gasteiger partial charge is 0.385 e. The minimum atomic E-state index is -0.511. The summed E-state index contributed by atoms with van der Waals surface area (Å²) in [5.74, 6) is -0.730. The van der Waals surface area contributed by atoms with Crippen LogP contribution in [0, 0.1) is 12.7 Å². The second kappa shape index (κ2) is 6.71. The van der Waals surface area contributed by atoms with Gasteiger partial charge in [-0.2, -0.15) is 9.61 Å². The van der Waals surface area contributed by atoms with Gasteiger partial charge in [-0.15, -0.1) is 5.10 Å². The second-order valence-corrected chi connectivity index (χ2v) is 5.53. The molecule has 9 heteroatoms. The molecule has 0 spiro atoms. The molecule has 0 atom stereocenters. The molecule has 2 aromatic heterocycles. The predicted octanol–water partition coefficient (Wildman–Crippen LogP) is 0.697. The number of aromatic nitrogens is 4. The van der Waals surface area contributed by atoms with E-state index in [0.29, 0.717) is 22.5 Å². The Hall–Kier alpha value is -3.23. The van der Waals surface area contributed by atoms with Crippen LogP contribution in [-0.4, -0.2) is 32.3 Å². The number of aryl methyl sites for hydroxylation is 1. The Labute approximate surface area is 142 Å². The fourth-order valence-corrected chi connectivity index (χ4v) is 2.36. The molecular formula is C16H17FN6O2. The van der Waals surface area contributed by atoms with Crippen molar-refractivity contribution in [1.29, 1.82) is 0 Å². The van der Waals surface area contributed by atoms with Gasteiger partial charge in [-0.25, -0.2) is 13.9 Å². The van der Waals surface area contributed by atoms with E-state index in [-0.39, 0.29) is 18.9 Å². The maximum Gasteiger partial charge on any atom is 0.367 e. The molecule has 0 bridgehead atoms. The molecule has 0 unspecified atom stereocenters. The lowest BCUT2D eigenvalue weighted by molar-refractivity contribution is -0.122. The van der Waals surface area contributed by atoms with Gasteiger partial charge >= 0.3 is 5.69 Å². The molecule has 2 N–H and O–H groups in total. The van der Waals surface area contributed by atoms with Crippen LogP contribution in [0.15, 0.2) is 35.3 Å². The van der Waals surface area contributed by atoms with E-state index in [9.17, 15) is 14.0 Å². The highest BCUT2D eigenvalue weighted by Gasteiger charge is 2.13. The van der Waals surface area contributed by atoms with Gasteiger partial charge in [-0.1, -0.05) is 12.1 Å². The Bertz CT molecular complexity index is 994. The van der Waals surface area contributed by atoms with E-state index in [2.05, 4.69) is 20.8 Å². The Kier molecular flexibility index (Phi) is 4.46. The summed E-state index contributed by atoms with van der Waals surface area (Å²) in [6.45, 7) is 1.58. The van der Waals surface area contributed by atoms with Crippen molar-refractivity contribution in [3.63, 3.8) is 0 Å². The summed E-state index contributed by atoms with van der Waals surface area (Å²) in [7, 11) is 1.70. The van der Waals surface area contributed by atoms with Crippen LogP contribution < -0.4 is 16.3 Å². The molecule has 0 radical (unpaired) electrons. The molecule has 3 aromatic rings. The smallest absolute Gasteiger partial charge is 0.367 e. The van der Waals surface area contributed by atoms with Gasteiger partial charge < -0.3 is 10.6 Å². The standard InChI is InChI=1S/C16H17FN6O2/c1-10-3-4-11(7-12(10)17)8-19-14(24)9-22-16(25)23-15(21-22)13(18-2)5-6-20-23/h3-7,18H,8-9H2,1-2H3,(H,19,24). The molecule has 0 aliphatic carbocycles. The van der Waals surface area contributed by atoms with E-state index >= 15 is 0 Å². The predicted molar refractivity (Wildman–Crippen MR) is 89.8 cm³/mol. The van der Waals surface area contributed by atoms with Gasteiger partial charge in [0.25, 0.3) is 0 Å². The number of benzene rings is 1. The van der Waals surface area contributed by atoms with Gasteiger partial charge in [-0.05, 0) is 30.2 Å². The first-order valence-electron chi connectivity index (χ1n) is 7.64. The van der Waals surface area contributed by atoms with E-state index in [1.54, 1.807) is 32.2 Å². The molecule has 25 heavy (non-hydrogen) atoms. The number of carbonyl (C=O) groups excluding carboxylic acids is 1. The van der Waals surface area contributed by atoms with Gasteiger partial charge in [0.05, 0.1) is 11.9 Å². The number of amides is 1. The first-order chi connectivity index (χ1) is 12.0. The summed E-state index contributed by atoms with van der Waals surface area (Å²) < 4.78 is 15.7. The van der Waals surface area contributed by atoms with E-state index in [1.165, 1.54) is 12.3 Å². The third-order valence-corrected chi connectivity index (χ3v) is 3.77. The highest BCUT2D eigenvalue weighted by atomic mass is 19.1. The lowest BCUT2D eigenvalue weighted by Gasteiger charge is -2.06. The molecule has 0 saturated carbocycles. The van der Waals surface area contributed by atoms with Crippen molar-refractivity contribution in [3.8, 4) is 0 Å². The summed E-state index contributed by atoms with van der Waals surface area (Å²) in [5.41, 5.74) is 1.63. The van der Waals surface area contributed by atoms with Gasteiger partial charge in [0.2, 0.25) is 11.6 Å². The van der Waals surface area contributed by atoms with Crippen molar-refractivity contribution in [3.05, 3.63) is 57.9 Å². The highest BCUT2D eigenvalue weighted by molar-refractivity contribution is 5.75. The first-order valence-corrected chi connectivity index (χ1v) is 7.64. The summed E-state index contributed by atoms with van der Waals surface area (Å²) in [6, 6.07) is 6.43. The van der Waals surface area contributed by atoms with Crippen LogP contribution >= 0.6 is 0 Å². The van der Waals surface area contributed by atoms with Crippen molar-refractivity contribution in [2.45, 2.75) is 20.0 Å². The second-order valence-electron chi connectivity index (χ2n) is 5.53. The van der Waals surface area contributed by atoms with Crippen LogP contribution in [0.25, 0.3) is 5.65 Å². The number of carbonyl (C=O) groups is 1. The van der Waals surface area contributed by atoms with Crippen molar-refractivity contribution in [2.24, 2.45) is 0 Å². The third-order valence-electron chi connectivity index (χ3n) is 3.77. The summed E-state index contributed by atoms with van der Waals surface area (Å²) in [6.07, 6.45) is 1.47. The number of nitrogens with one attached hydrogen (secondary N) is 2. The molecule has 8 nitrogen and oxygen atoms in total. The molecule has 1 amide bonds. The van der Waals surface area contributed by atoms with E-state index in [1.807, 2.05) is 0 Å². The number of rotatable bonds is 5. The normalized spacial score (nSPS) is 10.8. The average molecular weight is 344 g/mol. The number of nitrogens with zero attached hydrogens (tertiary/aromatic N) is 4. The van der Waals surface area contributed by atoms with Crippen LogP contribution in [0.4, 0.5) is 10.1 Å². The molecular weight excluding hydrogens is 327 g/mol. The first kappa shape index (κ1) is 16.6. The van der Waals surface area contributed by atoms with Gasteiger partial charge in [-0.3, -0.25) is 4.79 Å². The van der Waals surface area contributed by atoms with Crippen LogP contribution in [0.5, 0.6) is 0 Å². The Morgan fingerprint density at radius 1 is 1.32 bits per heavy atom.